The van der Waals surface area contributed by atoms with Gasteiger partial charge >= 0.3 is 12.1 Å². The Morgan fingerprint density at radius 2 is 1.28 bits per heavy atom. The van der Waals surface area contributed by atoms with Gasteiger partial charge in [0.1, 0.15) is 0 Å². The van der Waals surface area contributed by atoms with Gasteiger partial charge in [0.15, 0.2) is 0 Å². The first-order valence-corrected chi connectivity index (χ1v) is 11.8. The molecule has 0 aliphatic heterocycles. The molecule has 6 heteroatoms. The summed E-state index contributed by atoms with van der Waals surface area (Å²) in [6.07, 6.45) is 17.0. The van der Waals surface area contributed by atoms with Crippen LogP contribution in [0.25, 0.3) is 0 Å². The van der Waals surface area contributed by atoms with Gasteiger partial charge in [0, 0.05) is 37.3 Å². The van der Waals surface area contributed by atoms with E-state index in [9.17, 15) is 9.59 Å². The summed E-state index contributed by atoms with van der Waals surface area (Å²) in [7, 11) is 1.92. The molecule has 0 unspecified atom stereocenters. The van der Waals surface area contributed by atoms with E-state index < -0.39 is 0 Å². The van der Waals surface area contributed by atoms with E-state index in [1.165, 1.54) is 44.9 Å². The largest absolute Gasteiger partial charge is 0.335 e. The number of urea groups is 2. The predicted molar refractivity (Wildman–Crippen MR) is 115 cm³/mol. The normalized spacial score (nSPS) is 21.6. The summed E-state index contributed by atoms with van der Waals surface area (Å²) < 4.78 is 0. The molecule has 3 aliphatic carbocycles. The number of amides is 4. The minimum Gasteiger partial charge on any atom is -0.335 e. The summed E-state index contributed by atoms with van der Waals surface area (Å²) in [5.41, 5.74) is 0. The molecule has 2 N–H and O–H groups in total. The molecule has 0 saturated heterocycles. The molecule has 6 nitrogen and oxygen atoms in total. The number of carbonyl (C=O) groups is 2. The second-order valence-corrected chi connectivity index (χ2v) is 9.02. The minimum atomic E-state index is -0.249. The van der Waals surface area contributed by atoms with Crippen LogP contribution >= 0.6 is 0 Å². The molecule has 3 aliphatic rings. The third-order valence-electron chi connectivity index (χ3n) is 6.86. The highest BCUT2D eigenvalue weighted by Crippen LogP contribution is 2.26. The average molecular weight is 403 g/mol. The molecule has 0 spiro atoms. The average Bonchev–Trinajstić information content (AvgIpc) is 2.77. The van der Waals surface area contributed by atoms with Crippen LogP contribution in [-0.2, 0) is 0 Å². The maximum atomic E-state index is 13.3. The molecule has 29 heavy (non-hydrogen) atoms. The Bertz CT molecular complexity index is 594. The van der Waals surface area contributed by atoms with Crippen molar-refractivity contribution >= 4 is 12.1 Å². The summed E-state index contributed by atoms with van der Waals surface area (Å²) in [4.78, 5) is 29.0. The standard InChI is InChI=1S/C23H38N4O2/c1-26(20-13-7-3-8-14-20)23(29)27(21-15-9-4-10-16-21)18-17-24-22(28)25-19-11-5-2-6-12-19/h19-21H,2-16H2,1H3,(H2,24,25,28). The Morgan fingerprint density at radius 3 is 1.86 bits per heavy atom. The maximum Gasteiger partial charge on any atom is 0.331 e. The first-order valence-electron chi connectivity index (χ1n) is 11.8. The molecule has 0 aromatic carbocycles. The van der Waals surface area contributed by atoms with Crippen molar-refractivity contribution in [3.05, 3.63) is 0 Å². The molecule has 0 aromatic rings. The minimum absolute atomic E-state index is 0.00853. The Morgan fingerprint density at radius 1 is 0.759 bits per heavy atom. The quantitative estimate of drug-likeness (QED) is 0.537. The summed E-state index contributed by atoms with van der Waals surface area (Å²) >= 11 is 0. The molecule has 0 atom stereocenters. The van der Waals surface area contributed by atoms with Gasteiger partial charge in [0.05, 0.1) is 0 Å². The van der Waals surface area contributed by atoms with Gasteiger partial charge in [-0.05, 0) is 38.5 Å². The molecule has 4 amide bonds. The van der Waals surface area contributed by atoms with Gasteiger partial charge in [0.2, 0.25) is 0 Å². The fourth-order valence-corrected chi connectivity index (χ4v) is 5.04. The van der Waals surface area contributed by atoms with Gasteiger partial charge in [-0.3, -0.25) is 5.32 Å². The third-order valence-corrected chi connectivity index (χ3v) is 6.86. The fourth-order valence-electron chi connectivity index (χ4n) is 5.04. The first kappa shape index (κ1) is 21.8. The number of hydrogen-bond acceptors (Lipinski definition) is 2. The van der Waals surface area contributed by atoms with Crippen molar-refractivity contribution in [3.63, 3.8) is 0 Å². The van der Waals surface area contributed by atoms with Gasteiger partial charge in [-0.25, -0.2) is 14.5 Å². The SMILES string of the molecule is CN(C(=O)N(C#CNC(=O)NC1CCCCC1)C1CCCCC1)C1CCCCC1. The highest BCUT2D eigenvalue weighted by atomic mass is 16.2. The van der Waals surface area contributed by atoms with Crippen molar-refractivity contribution in [3.8, 4) is 12.1 Å². The van der Waals surface area contributed by atoms with Crippen LogP contribution in [0.3, 0.4) is 0 Å². The van der Waals surface area contributed by atoms with Gasteiger partial charge in [0.25, 0.3) is 0 Å². The fraction of sp³-hybridized carbons (Fsp3) is 0.826. The van der Waals surface area contributed by atoms with Crippen LogP contribution in [0.1, 0.15) is 96.3 Å². The van der Waals surface area contributed by atoms with Crippen molar-refractivity contribution in [1.82, 2.24) is 20.4 Å². The molecular weight excluding hydrogens is 364 g/mol. The second kappa shape index (κ2) is 11.3. The molecule has 0 bridgehead atoms. The summed E-state index contributed by atoms with van der Waals surface area (Å²) in [5, 5.41) is 5.66. The number of rotatable bonds is 3. The zero-order chi connectivity index (χ0) is 20.5. The van der Waals surface area contributed by atoms with E-state index in [1.54, 1.807) is 4.90 Å². The van der Waals surface area contributed by atoms with Crippen LogP contribution in [-0.4, -0.2) is 47.0 Å². The summed E-state index contributed by atoms with van der Waals surface area (Å²) in [6, 6.07) is 6.23. The smallest absolute Gasteiger partial charge is 0.331 e. The molecule has 0 radical (unpaired) electrons. The number of nitrogens with one attached hydrogen (secondary N) is 2. The van der Waals surface area contributed by atoms with Crippen LogP contribution in [0, 0.1) is 12.1 Å². The van der Waals surface area contributed by atoms with Gasteiger partial charge in [-0.15, -0.1) is 0 Å². The molecular formula is C23H38N4O2. The molecule has 3 rings (SSSR count). The highest BCUT2D eigenvalue weighted by Gasteiger charge is 2.30. The topological polar surface area (TPSA) is 64.7 Å². The van der Waals surface area contributed by atoms with E-state index in [2.05, 4.69) is 22.7 Å². The van der Waals surface area contributed by atoms with E-state index in [1.807, 2.05) is 11.9 Å². The van der Waals surface area contributed by atoms with E-state index >= 15 is 0 Å². The molecule has 0 heterocycles. The van der Waals surface area contributed by atoms with Crippen LogP contribution < -0.4 is 10.6 Å². The Labute approximate surface area is 176 Å². The lowest BCUT2D eigenvalue weighted by molar-refractivity contribution is 0.132. The Hall–Kier alpha value is -1.90. The third kappa shape index (κ3) is 6.55. The van der Waals surface area contributed by atoms with Crippen molar-refractivity contribution < 1.29 is 9.59 Å². The van der Waals surface area contributed by atoms with E-state index in [4.69, 9.17) is 0 Å². The monoisotopic (exact) mass is 402 g/mol. The van der Waals surface area contributed by atoms with Crippen LogP contribution in [0.5, 0.6) is 0 Å². The maximum absolute atomic E-state index is 13.3. The van der Waals surface area contributed by atoms with Crippen LogP contribution in [0.2, 0.25) is 0 Å². The Balaban J connectivity index is 1.60. The lowest BCUT2D eigenvalue weighted by Gasteiger charge is -2.37. The van der Waals surface area contributed by atoms with Crippen molar-refractivity contribution in [2.75, 3.05) is 7.05 Å². The zero-order valence-corrected chi connectivity index (χ0v) is 18.0. The summed E-state index contributed by atoms with van der Waals surface area (Å²) in [6.45, 7) is 0. The summed E-state index contributed by atoms with van der Waals surface area (Å²) in [5.74, 6) is 0. The van der Waals surface area contributed by atoms with E-state index in [0.717, 1.165) is 51.4 Å². The van der Waals surface area contributed by atoms with Crippen LogP contribution in [0.4, 0.5) is 9.59 Å². The lowest BCUT2D eigenvalue weighted by Crippen LogP contribution is -2.49. The van der Waals surface area contributed by atoms with Gasteiger partial charge in [-0.1, -0.05) is 57.8 Å². The van der Waals surface area contributed by atoms with Crippen molar-refractivity contribution in [1.29, 1.82) is 0 Å². The molecule has 0 aromatic heterocycles. The van der Waals surface area contributed by atoms with Gasteiger partial charge in [-0.2, -0.15) is 0 Å². The predicted octanol–water partition coefficient (Wildman–Crippen LogP) is 4.56. The van der Waals surface area contributed by atoms with Crippen LogP contribution in [0.15, 0.2) is 0 Å². The van der Waals surface area contributed by atoms with E-state index in [-0.39, 0.29) is 24.1 Å². The Kier molecular flexibility index (Phi) is 8.52. The number of nitrogens with zero attached hydrogens (tertiary/aromatic N) is 2. The molecule has 3 saturated carbocycles. The molecule has 3 fully saturated rings. The molecule has 162 valence electrons. The second-order valence-electron chi connectivity index (χ2n) is 9.02. The number of hydrogen-bond donors (Lipinski definition) is 2. The zero-order valence-electron chi connectivity index (χ0n) is 18.0. The lowest BCUT2D eigenvalue weighted by atomic mass is 9.93. The van der Waals surface area contributed by atoms with Crippen molar-refractivity contribution in [2.45, 2.75) is 114 Å². The highest BCUT2D eigenvalue weighted by molar-refractivity contribution is 5.78. The number of carbonyl (C=O) groups excluding carboxylic acids is 2. The van der Waals surface area contributed by atoms with Crippen molar-refractivity contribution in [2.24, 2.45) is 0 Å². The first-order chi connectivity index (χ1) is 14.1. The van der Waals surface area contributed by atoms with E-state index in [0.29, 0.717) is 6.04 Å². The van der Waals surface area contributed by atoms with Gasteiger partial charge < -0.3 is 10.2 Å².